The maximum absolute atomic E-state index is 13.6. The van der Waals surface area contributed by atoms with Crippen molar-refractivity contribution in [1.82, 2.24) is 24.8 Å². The van der Waals surface area contributed by atoms with Gasteiger partial charge in [0.2, 0.25) is 5.91 Å². The molecule has 1 aromatic heterocycles. The Balaban J connectivity index is 1.04. The van der Waals surface area contributed by atoms with Crippen molar-refractivity contribution < 1.29 is 14.6 Å². The highest BCUT2D eigenvalue weighted by atomic mass is 16.5. The largest absolute Gasteiger partial charge is 0.495 e. The zero-order valence-corrected chi connectivity index (χ0v) is 22.0. The Labute approximate surface area is 219 Å². The number of piperazine rings is 1. The summed E-state index contributed by atoms with van der Waals surface area (Å²) < 4.78 is 7.46. The smallest absolute Gasteiger partial charge is 0.227 e. The van der Waals surface area contributed by atoms with Crippen LogP contribution in [0.1, 0.15) is 50.6 Å². The van der Waals surface area contributed by atoms with Gasteiger partial charge in [-0.05, 0) is 50.3 Å². The molecule has 5 aliphatic rings. The fraction of sp³-hybridized carbons (Fsp3) is 0.679. The molecule has 1 saturated carbocycles. The summed E-state index contributed by atoms with van der Waals surface area (Å²) in [4.78, 5) is 20.5. The molecular formula is C28H40N6O3. The van der Waals surface area contributed by atoms with Crippen molar-refractivity contribution in [2.24, 2.45) is 11.8 Å². The standard InChI is InChI=1S/C28H40N6O3/c1-37-25-8-4-3-7-24(25)31-13-15-32(16-14-31)27(35)23-19-33-12-9-21(23)17-22(33)18-34-20-26(29-30-34)28(36)10-5-2-6-11-28/h3-4,7-8,20-23,36H,2,5-6,9-19H2,1H3/t21-,22-,23+/m1/s1. The molecule has 0 spiro atoms. The van der Waals surface area contributed by atoms with Crippen LogP contribution in [-0.4, -0.2) is 88.2 Å². The second-order valence-electron chi connectivity index (χ2n) is 11.4. The van der Waals surface area contributed by atoms with E-state index in [9.17, 15) is 9.90 Å². The van der Waals surface area contributed by atoms with Crippen LogP contribution in [0.3, 0.4) is 0 Å². The van der Waals surface area contributed by atoms with Gasteiger partial charge in [0.25, 0.3) is 0 Å². The number of benzene rings is 1. The third kappa shape index (κ3) is 4.83. The Hall–Kier alpha value is -2.65. The van der Waals surface area contributed by atoms with Crippen LogP contribution in [-0.2, 0) is 16.9 Å². The van der Waals surface area contributed by atoms with E-state index in [1.165, 1.54) is 6.42 Å². The van der Waals surface area contributed by atoms with E-state index in [4.69, 9.17) is 4.74 Å². The zero-order valence-electron chi connectivity index (χ0n) is 22.0. The Bertz CT molecular complexity index is 1090. The Kier molecular flexibility index (Phi) is 6.84. The van der Waals surface area contributed by atoms with Crippen molar-refractivity contribution in [3.05, 3.63) is 36.2 Å². The minimum atomic E-state index is -0.810. The second kappa shape index (κ2) is 10.3. The topological polar surface area (TPSA) is 87.0 Å². The Morgan fingerprint density at radius 1 is 1.11 bits per heavy atom. The monoisotopic (exact) mass is 508 g/mol. The number of carbonyl (C=O) groups is 1. The van der Waals surface area contributed by atoms with Gasteiger partial charge in [0.1, 0.15) is 17.0 Å². The van der Waals surface area contributed by atoms with Gasteiger partial charge in [-0.25, -0.2) is 0 Å². The number of anilines is 1. The molecule has 1 aromatic carbocycles. The van der Waals surface area contributed by atoms with Gasteiger partial charge in [-0.2, -0.15) is 0 Å². The predicted octanol–water partition coefficient (Wildman–Crippen LogP) is 2.50. The van der Waals surface area contributed by atoms with Gasteiger partial charge < -0.3 is 19.6 Å². The molecule has 5 fully saturated rings. The summed E-state index contributed by atoms with van der Waals surface area (Å²) >= 11 is 0. The molecule has 2 bridgehead atoms. The molecule has 200 valence electrons. The van der Waals surface area contributed by atoms with E-state index in [1.807, 2.05) is 29.1 Å². The summed E-state index contributed by atoms with van der Waals surface area (Å²) in [7, 11) is 1.71. The number of aromatic nitrogens is 3. The molecule has 7 rings (SSSR count). The van der Waals surface area contributed by atoms with E-state index in [0.717, 1.165) is 101 Å². The third-order valence-electron chi connectivity index (χ3n) is 9.31. The van der Waals surface area contributed by atoms with Crippen molar-refractivity contribution in [3.63, 3.8) is 0 Å². The van der Waals surface area contributed by atoms with Crippen LogP contribution in [0.25, 0.3) is 0 Å². The molecule has 9 heteroatoms. The van der Waals surface area contributed by atoms with Gasteiger partial charge in [0.05, 0.1) is 31.5 Å². The van der Waals surface area contributed by atoms with Crippen LogP contribution in [0.5, 0.6) is 5.75 Å². The lowest BCUT2D eigenvalue weighted by Crippen LogP contribution is -2.60. The van der Waals surface area contributed by atoms with Gasteiger partial charge in [0.15, 0.2) is 0 Å². The molecule has 9 nitrogen and oxygen atoms in total. The second-order valence-corrected chi connectivity index (χ2v) is 11.4. The number of methoxy groups -OCH3 is 1. The lowest BCUT2D eigenvalue weighted by atomic mass is 9.75. The first kappa shape index (κ1) is 24.7. The summed E-state index contributed by atoms with van der Waals surface area (Å²) in [6.07, 6.45) is 8.91. The number of fused-ring (bicyclic) bond motifs is 3. The highest BCUT2D eigenvalue weighted by molar-refractivity contribution is 5.80. The van der Waals surface area contributed by atoms with Crippen LogP contribution < -0.4 is 9.64 Å². The van der Waals surface area contributed by atoms with Crippen LogP contribution in [0.2, 0.25) is 0 Å². The quantitative estimate of drug-likeness (QED) is 0.642. The van der Waals surface area contributed by atoms with Crippen LogP contribution in [0.4, 0.5) is 5.69 Å². The Morgan fingerprint density at radius 2 is 1.89 bits per heavy atom. The molecule has 0 radical (unpaired) electrons. The first-order chi connectivity index (χ1) is 18.0. The number of rotatable bonds is 6. The molecule has 2 aromatic rings. The molecule has 4 atom stereocenters. The fourth-order valence-corrected chi connectivity index (χ4v) is 7.11. The van der Waals surface area contributed by atoms with E-state index in [-0.39, 0.29) is 5.92 Å². The number of hydrogen-bond donors (Lipinski definition) is 1. The van der Waals surface area contributed by atoms with E-state index in [2.05, 4.69) is 31.1 Å². The summed E-state index contributed by atoms with van der Waals surface area (Å²) in [5.41, 5.74) is 1.02. The summed E-state index contributed by atoms with van der Waals surface area (Å²) in [5, 5.41) is 19.7. The highest BCUT2D eigenvalue weighted by Crippen LogP contribution is 2.39. The van der Waals surface area contributed by atoms with Crippen molar-refractivity contribution in [3.8, 4) is 5.75 Å². The highest BCUT2D eigenvalue weighted by Gasteiger charge is 2.45. The van der Waals surface area contributed by atoms with Gasteiger partial charge in [-0.3, -0.25) is 14.4 Å². The van der Waals surface area contributed by atoms with E-state index in [0.29, 0.717) is 17.9 Å². The van der Waals surface area contributed by atoms with Crippen molar-refractivity contribution >= 4 is 11.6 Å². The van der Waals surface area contributed by atoms with Gasteiger partial charge in [-0.15, -0.1) is 5.10 Å². The molecular weight excluding hydrogens is 468 g/mol. The van der Waals surface area contributed by atoms with Crippen molar-refractivity contribution in [2.45, 2.75) is 63.1 Å². The van der Waals surface area contributed by atoms with Crippen molar-refractivity contribution in [1.29, 1.82) is 0 Å². The van der Waals surface area contributed by atoms with Gasteiger partial charge >= 0.3 is 0 Å². The summed E-state index contributed by atoms with van der Waals surface area (Å²) in [5.74, 6) is 1.74. The average molecular weight is 509 g/mol. The number of carbonyl (C=O) groups excluding carboxylic acids is 1. The van der Waals surface area contributed by atoms with E-state index in [1.54, 1.807) is 7.11 Å². The number of nitrogens with zero attached hydrogens (tertiary/aromatic N) is 6. The molecule has 1 N–H and O–H groups in total. The number of para-hydroxylation sites is 2. The number of ether oxygens (including phenoxy) is 1. The summed E-state index contributed by atoms with van der Waals surface area (Å²) in [6, 6.07) is 8.49. The van der Waals surface area contributed by atoms with Gasteiger partial charge in [-0.1, -0.05) is 36.6 Å². The molecule has 1 amide bonds. The number of hydrogen-bond acceptors (Lipinski definition) is 7. The predicted molar refractivity (Wildman–Crippen MR) is 140 cm³/mol. The van der Waals surface area contributed by atoms with Crippen LogP contribution in [0.15, 0.2) is 30.5 Å². The maximum atomic E-state index is 13.6. The maximum Gasteiger partial charge on any atom is 0.227 e. The zero-order chi connectivity index (χ0) is 25.4. The van der Waals surface area contributed by atoms with E-state index < -0.39 is 5.60 Å². The normalized spacial score (nSPS) is 29.4. The lowest BCUT2D eigenvalue weighted by molar-refractivity contribution is -0.144. The first-order valence-corrected chi connectivity index (χ1v) is 14.1. The molecule has 1 unspecified atom stereocenters. The molecule has 5 heterocycles. The van der Waals surface area contributed by atoms with E-state index >= 15 is 0 Å². The number of piperidine rings is 3. The minimum Gasteiger partial charge on any atom is -0.495 e. The third-order valence-corrected chi connectivity index (χ3v) is 9.31. The average Bonchev–Trinajstić information content (AvgIpc) is 3.43. The molecule has 4 aliphatic heterocycles. The fourth-order valence-electron chi connectivity index (χ4n) is 7.11. The number of aliphatic hydroxyl groups is 1. The minimum absolute atomic E-state index is 0.0945. The van der Waals surface area contributed by atoms with Crippen LogP contribution in [0, 0.1) is 11.8 Å². The molecule has 1 aliphatic carbocycles. The SMILES string of the molecule is COc1ccccc1N1CCN(C(=O)[C@H]2CN3CC[C@@H]2C[C@@H]3Cn2cc(C3(O)CCCCC3)nn2)CC1. The van der Waals surface area contributed by atoms with Gasteiger partial charge in [0, 0.05) is 38.8 Å². The molecule has 4 saturated heterocycles. The summed E-state index contributed by atoms with van der Waals surface area (Å²) in [6.45, 7) is 5.84. The lowest BCUT2D eigenvalue weighted by Gasteiger charge is -2.50. The van der Waals surface area contributed by atoms with Crippen molar-refractivity contribution in [2.75, 3.05) is 51.3 Å². The number of amides is 1. The molecule has 37 heavy (non-hydrogen) atoms. The first-order valence-electron chi connectivity index (χ1n) is 14.1. The van der Waals surface area contributed by atoms with Crippen LogP contribution >= 0.6 is 0 Å². The Morgan fingerprint density at radius 3 is 2.62 bits per heavy atom.